The minimum atomic E-state index is -0.422. The topological polar surface area (TPSA) is 75.6 Å². The number of rotatable bonds is 4. The van der Waals surface area contributed by atoms with E-state index < -0.39 is 5.91 Å². The van der Waals surface area contributed by atoms with Gasteiger partial charge in [0.15, 0.2) is 5.82 Å². The van der Waals surface area contributed by atoms with Gasteiger partial charge >= 0.3 is 0 Å². The van der Waals surface area contributed by atoms with Crippen molar-refractivity contribution in [2.45, 2.75) is 6.54 Å². The van der Waals surface area contributed by atoms with Crippen LogP contribution in [0.3, 0.4) is 0 Å². The average Bonchev–Trinajstić information content (AvgIpc) is 3.10. The number of aromatic amines is 1. The van der Waals surface area contributed by atoms with Crippen LogP contribution < -0.4 is 5.32 Å². The van der Waals surface area contributed by atoms with Crippen molar-refractivity contribution in [3.8, 4) is 0 Å². The third-order valence-corrected chi connectivity index (χ3v) is 3.25. The minimum absolute atomic E-state index is 0.176. The predicted molar refractivity (Wildman–Crippen MR) is 79.3 cm³/mol. The van der Waals surface area contributed by atoms with E-state index in [1.54, 1.807) is 29.1 Å². The van der Waals surface area contributed by atoms with Gasteiger partial charge < -0.3 is 5.32 Å². The van der Waals surface area contributed by atoms with Gasteiger partial charge in [-0.1, -0.05) is 23.7 Å². The lowest BCUT2D eigenvalue weighted by Crippen LogP contribution is -2.14. The van der Waals surface area contributed by atoms with E-state index in [4.69, 9.17) is 11.6 Å². The zero-order valence-electron chi connectivity index (χ0n) is 11.3. The first kappa shape index (κ1) is 14.3. The van der Waals surface area contributed by atoms with Gasteiger partial charge in [0.25, 0.3) is 5.91 Å². The quantitative estimate of drug-likeness (QED) is 0.776. The third-order valence-electron chi connectivity index (χ3n) is 2.96. The van der Waals surface area contributed by atoms with Crippen LogP contribution in [0.1, 0.15) is 16.1 Å². The van der Waals surface area contributed by atoms with Crippen molar-refractivity contribution in [2.75, 3.05) is 5.32 Å². The number of nitrogens with one attached hydrogen (secondary N) is 2. The van der Waals surface area contributed by atoms with Crippen molar-refractivity contribution in [2.24, 2.45) is 0 Å². The lowest BCUT2D eigenvalue weighted by atomic mass is 10.2. The first-order valence-corrected chi connectivity index (χ1v) is 6.78. The number of amides is 1. The lowest BCUT2D eigenvalue weighted by molar-refractivity contribution is 0.102. The highest BCUT2D eigenvalue weighted by atomic mass is 35.5. The molecule has 112 valence electrons. The number of nitrogens with zero attached hydrogens (tertiary/aromatic N) is 3. The molecule has 22 heavy (non-hydrogen) atoms. The molecule has 2 heterocycles. The van der Waals surface area contributed by atoms with Gasteiger partial charge in [-0.15, -0.1) is 0 Å². The van der Waals surface area contributed by atoms with Crippen molar-refractivity contribution in [1.82, 2.24) is 20.0 Å². The monoisotopic (exact) mass is 319 g/mol. The number of H-pyrrole nitrogens is 1. The van der Waals surface area contributed by atoms with Gasteiger partial charge in [-0.05, 0) is 17.7 Å². The average molecular weight is 320 g/mol. The first-order chi connectivity index (χ1) is 10.6. The molecule has 1 aromatic carbocycles. The normalized spacial score (nSPS) is 10.6. The van der Waals surface area contributed by atoms with Crippen molar-refractivity contribution >= 4 is 23.3 Å². The molecule has 2 N–H and O–H groups in total. The minimum Gasteiger partial charge on any atom is -0.304 e. The number of anilines is 1. The number of halogens is 2. The van der Waals surface area contributed by atoms with Gasteiger partial charge in [0, 0.05) is 12.3 Å². The molecule has 0 unspecified atom stereocenters. The van der Waals surface area contributed by atoms with Gasteiger partial charge in [0.1, 0.15) is 11.5 Å². The van der Waals surface area contributed by atoms with Gasteiger partial charge in [0.05, 0.1) is 17.8 Å². The zero-order chi connectivity index (χ0) is 15.5. The van der Waals surface area contributed by atoms with Gasteiger partial charge in [-0.3, -0.25) is 14.6 Å². The first-order valence-electron chi connectivity index (χ1n) is 6.40. The molecule has 0 radical (unpaired) electrons. The SMILES string of the molecule is O=C(Nc1ccn(Cc2ccc(F)cc2)n1)c1[nH]ncc1Cl. The molecular weight excluding hydrogens is 309 g/mol. The van der Waals surface area contributed by atoms with Crippen LogP contribution in [0, 0.1) is 5.82 Å². The molecule has 6 nitrogen and oxygen atoms in total. The van der Waals surface area contributed by atoms with E-state index in [1.165, 1.54) is 18.3 Å². The second-order valence-corrected chi connectivity index (χ2v) is 4.98. The van der Waals surface area contributed by atoms with Crippen LogP contribution in [-0.4, -0.2) is 25.9 Å². The lowest BCUT2D eigenvalue weighted by Gasteiger charge is -2.02. The van der Waals surface area contributed by atoms with E-state index in [0.29, 0.717) is 12.4 Å². The Morgan fingerprint density at radius 1 is 1.32 bits per heavy atom. The van der Waals surface area contributed by atoms with Gasteiger partial charge in [-0.2, -0.15) is 10.2 Å². The Kier molecular flexibility index (Phi) is 3.88. The molecule has 0 saturated heterocycles. The van der Waals surface area contributed by atoms with E-state index in [-0.39, 0.29) is 16.5 Å². The summed E-state index contributed by atoms with van der Waals surface area (Å²) >= 11 is 5.82. The van der Waals surface area contributed by atoms with E-state index in [2.05, 4.69) is 20.6 Å². The van der Waals surface area contributed by atoms with Crippen molar-refractivity contribution in [3.05, 3.63) is 64.8 Å². The van der Waals surface area contributed by atoms with Crippen LogP contribution in [0.4, 0.5) is 10.2 Å². The molecule has 0 bridgehead atoms. The zero-order valence-corrected chi connectivity index (χ0v) is 12.0. The Balaban J connectivity index is 1.67. The summed E-state index contributed by atoms with van der Waals surface area (Å²) in [6.45, 7) is 0.473. The third kappa shape index (κ3) is 3.15. The molecule has 0 fully saturated rings. The predicted octanol–water partition coefficient (Wildman–Crippen LogP) is 2.70. The molecule has 0 aliphatic heterocycles. The number of hydrogen-bond acceptors (Lipinski definition) is 3. The Morgan fingerprint density at radius 3 is 2.77 bits per heavy atom. The molecule has 3 rings (SSSR count). The molecular formula is C14H11ClFN5O. The molecule has 0 spiro atoms. The molecule has 2 aromatic heterocycles. The molecule has 0 aliphatic carbocycles. The number of aromatic nitrogens is 4. The van der Waals surface area contributed by atoms with E-state index in [9.17, 15) is 9.18 Å². The standard InChI is InChI=1S/C14H11ClFN5O/c15-11-7-17-19-13(11)14(22)18-12-5-6-21(20-12)8-9-1-3-10(16)4-2-9/h1-7H,8H2,(H,17,19)(H,18,20,22). The maximum absolute atomic E-state index is 12.9. The summed E-state index contributed by atoms with van der Waals surface area (Å²) in [5.41, 5.74) is 1.08. The molecule has 1 amide bonds. The molecule has 0 aliphatic rings. The molecule has 0 atom stereocenters. The van der Waals surface area contributed by atoms with Crippen LogP contribution in [-0.2, 0) is 6.54 Å². The van der Waals surface area contributed by atoms with Crippen LogP contribution in [0.2, 0.25) is 5.02 Å². The number of carbonyl (C=O) groups is 1. The van der Waals surface area contributed by atoms with Gasteiger partial charge in [-0.25, -0.2) is 4.39 Å². The van der Waals surface area contributed by atoms with Crippen LogP contribution in [0.15, 0.2) is 42.7 Å². The smallest absolute Gasteiger partial charge is 0.276 e. The molecule has 0 saturated carbocycles. The summed E-state index contributed by atoms with van der Waals surface area (Å²) < 4.78 is 14.5. The van der Waals surface area contributed by atoms with E-state index in [0.717, 1.165) is 5.56 Å². The summed E-state index contributed by atoms with van der Waals surface area (Å²) in [6, 6.07) is 7.80. The number of carbonyl (C=O) groups excluding carboxylic acids is 1. The fraction of sp³-hybridized carbons (Fsp3) is 0.0714. The summed E-state index contributed by atoms with van der Waals surface area (Å²) in [4.78, 5) is 11.9. The largest absolute Gasteiger partial charge is 0.304 e. The second kappa shape index (κ2) is 5.98. The highest BCUT2D eigenvalue weighted by Crippen LogP contribution is 2.14. The Bertz CT molecular complexity index is 796. The van der Waals surface area contributed by atoms with Crippen LogP contribution in [0.5, 0.6) is 0 Å². The Morgan fingerprint density at radius 2 is 2.09 bits per heavy atom. The van der Waals surface area contributed by atoms with Crippen molar-refractivity contribution in [1.29, 1.82) is 0 Å². The summed E-state index contributed by atoms with van der Waals surface area (Å²) in [5.74, 6) is -0.319. The number of hydrogen-bond donors (Lipinski definition) is 2. The summed E-state index contributed by atoms with van der Waals surface area (Å²) in [6.07, 6.45) is 3.07. The van der Waals surface area contributed by atoms with Crippen LogP contribution >= 0.6 is 11.6 Å². The van der Waals surface area contributed by atoms with E-state index >= 15 is 0 Å². The maximum Gasteiger partial charge on any atom is 0.276 e. The fourth-order valence-corrected chi connectivity index (χ4v) is 2.08. The fourth-order valence-electron chi connectivity index (χ4n) is 1.90. The van der Waals surface area contributed by atoms with Gasteiger partial charge in [0.2, 0.25) is 0 Å². The molecule has 8 heteroatoms. The van der Waals surface area contributed by atoms with Crippen molar-refractivity contribution in [3.63, 3.8) is 0 Å². The highest BCUT2D eigenvalue weighted by Gasteiger charge is 2.13. The Labute approximate surface area is 129 Å². The van der Waals surface area contributed by atoms with E-state index in [1.807, 2.05) is 0 Å². The molecule has 3 aromatic rings. The summed E-state index contributed by atoms with van der Waals surface area (Å²) in [7, 11) is 0. The second-order valence-electron chi connectivity index (χ2n) is 4.57. The Hall–Kier alpha value is -2.67. The maximum atomic E-state index is 12.9. The van der Waals surface area contributed by atoms with Crippen molar-refractivity contribution < 1.29 is 9.18 Å². The van der Waals surface area contributed by atoms with Crippen LogP contribution in [0.25, 0.3) is 0 Å². The summed E-state index contributed by atoms with van der Waals surface area (Å²) in [5, 5.41) is 13.3. The number of benzene rings is 1. The highest BCUT2D eigenvalue weighted by molar-refractivity contribution is 6.34.